The Balaban J connectivity index is 2.53. The lowest BCUT2D eigenvalue weighted by Crippen LogP contribution is -2.11. The lowest BCUT2D eigenvalue weighted by Gasteiger charge is -2.11. The topological polar surface area (TPSA) is 17.1 Å². The van der Waals surface area contributed by atoms with Gasteiger partial charge in [0, 0.05) is 20.7 Å². The number of halogens is 3. The first-order valence-corrected chi connectivity index (χ1v) is 8.19. The molecule has 2 aromatic rings. The first kappa shape index (κ1) is 13.0. The zero-order chi connectivity index (χ0) is 12.5. The van der Waals surface area contributed by atoms with Gasteiger partial charge in [0.05, 0.1) is 0 Å². The van der Waals surface area contributed by atoms with Gasteiger partial charge in [0.15, 0.2) is 0 Å². The van der Waals surface area contributed by atoms with E-state index in [-0.39, 0.29) is 0 Å². The van der Waals surface area contributed by atoms with Crippen molar-refractivity contribution < 1.29 is 4.57 Å². The molecule has 0 spiro atoms. The molecule has 0 saturated carbocycles. The van der Waals surface area contributed by atoms with Gasteiger partial charge < -0.3 is 0 Å². The smallest absolute Gasteiger partial charge is 0.225 e. The van der Waals surface area contributed by atoms with E-state index in [1.165, 1.54) is 0 Å². The van der Waals surface area contributed by atoms with Crippen molar-refractivity contribution in [2.45, 2.75) is 0 Å². The molecule has 0 aliphatic rings. The van der Waals surface area contributed by atoms with Gasteiger partial charge in [-0.3, -0.25) is 4.57 Å². The molecule has 2 aromatic carbocycles. The van der Waals surface area contributed by atoms with E-state index in [1.54, 1.807) is 48.5 Å². The minimum Gasteiger partial charge on any atom is -0.296 e. The number of rotatable bonds is 2. The average molecular weight is 306 g/mol. The maximum absolute atomic E-state index is 12.6. The Labute approximate surface area is 114 Å². The highest BCUT2D eigenvalue weighted by Gasteiger charge is 2.24. The zero-order valence-electron chi connectivity index (χ0n) is 8.61. The van der Waals surface area contributed by atoms with Crippen molar-refractivity contribution in [1.29, 1.82) is 0 Å². The Morgan fingerprint density at radius 2 is 1.24 bits per heavy atom. The van der Waals surface area contributed by atoms with E-state index < -0.39 is 6.49 Å². The molecular formula is C12H8Cl3OP. The molecule has 17 heavy (non-hydrogen) atoms. The maximum atomic E-state index is 12.6. The van der Waals surface area contributed by atoms with Crippen molar-refractivity contribution in [1.82, 2.24) is 0 Å². The van der Waals surface area contributed by atoms with Gasteiger partial charge in [-0.2, -0.15) is 0 Å². The van der Waals surface area contributed by atoms with Crippen molar-refractivity contribution in [3.05, 3.63) is 58.6 Å². The van der Waals surface area contributed by atoms with E-state index in [9.17, 15) is 4.57 Å². The molecule has 2 rings (SSSR count). The van der Waals surface area contributed by atoms with Crippen molar-refractivity contribution in [3.63, 3.8) is 0 Å². The lowest BCUT2D eigenvalue weighted by atomic mass is 10.4. The summed E-state index contributed by atoms with van der Waals surface area (Å²) in [6.45, 7) is -3.15. The minimum absolute atomic E-state index is 0.505. The van der Waals surface area contributed by atoms with Gasteiger partial charge >= 0.3 is 0 Å². The molecule has 0 amide bonds. The minimum atomic E-state index is -3.15. The Kier molecular flexibility index (Phi) is 3.85. The molecule has 0 N–H and O–H groups in total. The van der Waals surface area contributed by atoms with E-state index in [2.05, 4.69) is 0 Å². The summed E-state index contributed by atoms with van der Waals surface area (Å²) in [6.07, 6.45) is 0. The van der Waals surface area contributed by atoms with E-state index >= 15 is 0 Å². The SMILES string of the molecule is O=P(Cl)(c1cccc(Cl)c1)c1cccc(Cl)c1. The summed E-state index contributed by atoms with van der Waals surface area (Å²) in [4.78, 5) is 0. The highest BCUT2D eigenvalue weighted by atomic mass is 35.7. The largest absolute Gasteiger partial charge is 0.296 e. The number of hydrogen-bond donors (Lipinski definition) is 0. The van der Waals surface area contributed by atoms with Crippen LogP contribution in [-0.4, -0.2) is 0 Å². The second-order valence-electron chi connectivity index (χ2n) is 3.49. The molecule has 0 aliphatic heterocycles. The van der Waals surface area contributed by atoms with Gasteiger partial charge in [0.1, 0.15) is 0 Å². The monoisotopic (exact) mass is 304 g/mol. The third-order valence-corrected chi connectivity index (χ3v) is 5.81. The first-order chi connectivity index (χ1) is 8.00. The van der Waals surface area contributed by atoms with Crippen LogP contribution in [0.1, 0.15) is 0 Å². The molecule has 88 valence electrons. The summed E-state index contributed by atoms with van der Waals surface area (Å²) in [6, 6.07) is 13.5. The molecular weight excluding hydrogens is 297 g/mol. The van der Waals surface area contributed by atoms with Crippen molar-refractivity contribution in [3.8, 4) is 0 Å². The molecule has 0 radical (unpaired) electrons. The van der Waals surface area contributed by atoms with Gasteiger partial charge in [-0.1, -0.05) is 35.3 Å². The fraction of sp³-hybridized carbons (Fsp3) is 0. The highest BCUT2D eigenvalue weighted by Crippen LogP contribution is 2.49. The van der Waals surface area contributed by atoms with Crippen molar-refractivity contribution >= 4 is 51.5 Å². The van der Waals surface area contributed by atoms with E-state index in [1.807, 2.05) is 0 Å². The molecule has 0 heterocycles. The number of hydrogen-bond acceptors (Lipinski definition) is 1. The Morgan fingerprint density at radius 3 is 1.59 bits per heavy atom. The standard InChI is InChI=1S/C12H8Cl3OP/c13-9-3-1-5-11(7-9)17(15,16)12-6-2-4-10(14)8-12/h1-8H. The van der Waals surface area contributed by atoms with Gasteiger partial charge in [0.25, 0.3) is 0 Å². The van der Waals surface area contributed by atoms with Crippen LogP contribution in [0.3, 0.4) is 0 Å². The summed E-state index contributed by atoms with van der Waals surface area (Å²) in [5, 5.41) is 2.03. The van der Waals surface area contributed by atoms with Crippen LogP contribution in [-0.2, 0) is 4.57 Å². The molecule has 0 unspecified atom stereocenters. The lowest BCUT2D eigenvalue weighted by molar-refractivity contribution is 0.595. The highest BCUT2D eigenvalue weighted by molar-refractivity contribution is 8.00. The van der Waals surface area contributed by atoms with Crippen LogP contribution in [0.4, 0.5) is 0 Å². The molecule has 0 saturated heterocycles. The van der Waals surface area contributed by atoms with E-state index in [0.717, 1.165) is 0 Å². The predicted octanol–water partition coefficient (Wildman–Crippen LogP) is 4.46. The van der Waals surface area contributed by atoms with Crippen LogP contribution < -0.4 is 10.6 Å². The summed E-state index contributed by atoms with van der Waals surface area (Å²) < 4.78 is 12.6. The molecule has 5 heteroatoms. The van der Waals surface area contributed by atoms with Crippen molar-refractivity contribution in [2.24, 2.45) is 0 Å². The average Bonchev–Trinajstić information content (AvgIpc) is 2.29. The van der Waals surface area contributed by atoms with Crippen LogP contribution in [0.2, 0.25) is 10.0 Å². The van der Waals surface area contributed by atoms with Gasteiger partial charge in [-0.25, -0.2) is 0 Å². The van der Waals surface area contributed by atoms with E-state index in [4.69, 9.17) is 34.4 Å². The predicted molar refractivity (Wildman–Crippen MR) is 75.6 cm³/mol. The first-order valence-electron chi connectivity index (χ1n) is 4.82. The third-order valence-electron chi connectivity index (χ3n) is 2.28. The van der Waals surface area contributed by atoms with Crippen LogP contribution in [0.25, 0.3) is 0 Å². The quantitative estimate of drug-likeness (QED) is 0.749. The normalized spacial score (nSPS) is 11.5. The summed E-state index contributed by atoms with van der Waals surface area (Å²) in [5.74, 6) is 0. The maximum Gasteiger partial charge on any atom is 0.225 e. The summed E-state index contributed by atoms with van der Waals surface area (Å²) >= 11 is 17.9. The van der Waals surface area contributed by atoms with Gasteiger partial charge in [-0.15, -0.1) is 0 Å². The molecule has 1 nitrogen and oxygen atoms in total. The fourth-order valence-corrected chi connectivity index (χ4v) is 4.09. The Hall–Kier alpha value is -0.460. The Bertz CT molecular complexity index is 548. The van der Waals surface area contributed by atoms with Crippen LogP contribution in [0, 0.1) is 0 Å². The summed E-state index contributed by atoms with van der Waals surface area (Å²) in [7, 11) is 0. The Morgan fingerprint density at radius 1 is 0.824 bits per heavy atom. The van der Waals surface area contributed by atoms with Gasteiger partial charge in [-0.05, 0) is 47.6 Å². The molecule has 0 atom stereocenters. The van der Waals surface area contributed by atoms with Gasteiger partial charge in [0.2, 0.25) is 6.49 Å². The molecule has 0 aromatic heterocycles. The van der Waals surface area contributed by atoms with Crippen LogP contribution >= 0.6 is 40.9 Å². The second-order valence-corrected chi connectivity index (χ2v) is 7.89. The molecule has 0 bridgehead atoms. The van der Waals surface area contributed by atoms with E-state index in [0.29, 0.717) is 20.7 Å². The third kappa shape index (κ3) is 2.86. The second kappa shape index (κ2) is 5.04. The zero-order valence-corrected chi connectivity index (χ0v) is 11.8. The van der Waals surface area contributed by atoms with Crippen molar-refractivity contribution in [2.75, 3.05) is 0 Å². The number of benzene rings is 2. The molecule has 0 fully saturated rings. The molecule has 0 aliphatic carbocycles. The van der Waals surface area contributed by atoms with Crippen LogP contribution in [0.5, 0.6) is 0 Å². The van der Waals surface area contributed by atoms with Crippen LogP contribution in [0.15, 0.2) is 48.5 Å². The fourth-order valence-electron chi connectivity index (χ4n) is 1.46. The summed E-state index contributed by atoms with van der Waals surface area (Å²) in [5.41, 5.74) is 0.